The van der Waals surface area contributed by atoms with Gasteiger partial charge in [-0.05, 0) is 31.2 Å². The molecule has 1 atom stereocenters. The second kappa shape index (κ2) is 10.1. The Morgan fingerprint density at radius 2 is 1.90 bits per heavy atom. The summed E-state index contributed by atoms with van der Waals surface area (Å²) in [6.07, 6.45) is 0.895. The maximum Gasteiger partial charge on any atom is 0.195 e. The quantitative estimate of drug-likeness (QED) is 0.561. The van der Waals surface area contributed by atoms with Crippen molar-refractivity contribution >= 4 is 23.0 Å². The van der Waals surface area contributed by atoms with Crippen molar-refractivity contribution in [2.75, 3.05) is 58.4 Å². The van der Waals surface area contributed by atoms with Crippen molar-refractivity contribution in [3.8, 4) is 11.5 Å². The summed E-state index contributed by atoms with van der Waals surface area (Å²) in [5.74, 6) is 2.30. The molecular weight excluding hydrogens is 400 g/mol. The van der Waals surface area contributed by atoms with Crippen LogP contribution in [0, 0.1) is 6.92 Å². The van der Waals surface area contributed by atoms with Gasteiger partial charge < -0.3 is 24.8 Å². The van der Waals surface area contributed by atoms with E-state index in [-0.39, 0.29) is 6.04 Å². The first-order chi connectivity index (χ1) is 14.7. The number of benzene rings is 1. The zero-order valence-corrected chi connectivity index (χ0v) is 18.5. The van der Waals surface area contributed by atoms with E-state index in [9.17, 15) is 0 Å². The largest absolute Gasteiger partial charge is 0.490 e. The molecule has 8 heteroatoms. The molecule has 30 heavy (non-hydrogen) atoms. The maximum atomic E-state index is 5.80. The summed E-state index contributed by atoms with van der Waals surface area (Å²) < 4.78 is 17.1. The van der Waals surface area contributed by atoms with E-state index in [1.807, 2.05) is 29.5 Å². The molecule has 162 valence electrons. The third kappa shape index (κ3) is 5.24. The predicted octanol–water partition coefficient (Wildman–Crippen LogP) is 3.28. The molecule has 0 amide bonds. The van der Waals surface area contributed by atoms with Crippen LogP contribution in [-0.4, -0.2) is 64.0 Å². The lowest BCUT2D eigenvalue weighted by atomic mass is 10.2. The highest BCUT2D eigenvalue weighted by molar-refractivity contribution is 7.12. The lowest BCUT2D eigenvalue weighted by Crippen LogP contribution is -2.44. The van der Waals surface area contributed by atoms with Crippen molar-refractivity contribution in [1.82, 2.24) is 10.2 Å². The SMILES string of the molecule is CN=C(NCC(c1ccc(C)s1)N1CCOCC1)Nc1ccc2c(c1)OCCCO2. The van der Waals surface area contributed by atoms with E-state index < -0.39 is 0 Å². The summed E-state index contributed by atoms with van der Waals surface area (Å²) in [5.41, 5.74) is 0.919. The monoisotopic (exact) mass is 430 g/mol. The van der Waals surface area contributed by atoms with Crippen LogP contribution in [0.1, 0.15) is 22.2 Å². The number of aliphatic imine (C=N–C) groups is 1. The van der Waals surface area contributed by atoms with Gasteiger partial charge in [0.2, 0.25) is 0 Å². The number of thiophene rings is 1. The summed E-state index contributed by atoms with van der Waals surface area (Å²) in [6, 6.07) is 10.6. The van der Waals surface area contributed by atoms with Gasteiger partial charge >= 0.3 is 0 Å². The van der Waals surface area contributed by atoms with Crippen LogP contribution in [0.5, 0.6) is 11.5 Å². The molecule has 1 aromatic carbocycles. The Labute approximate surface area is 182 Å². The average Bonchev–Trinajstić information content (AvgIpc) is 3.06. The Balaban J connectivity index is 1.42. The Kier molecular flexibility index (Phi) is 7.09. The van der Waals surface area contributed by atoms with Crippen LogP contribution in [-0.2, 0) is 4.74 Å². The molecule has 0 bridgehead atoms. The number of morpholine rings is 1. The second-order valence-electron chi connectivity index (χ2n) is 7.40. The van der Waals surface area contributed by atoms with Crippen molar-refractivity contribution in [3.63, 3.8) is 0 Å². The first-order valence-electron chi connectivity index (χ1n) is 10.5. The molecule has 0 aliphatic carbocycles. The van der Waals surface area contributed by atoms with Gasteiger partial charge in [-0.1, -0.05) is 0 Å². The molecule has 0 radical (unpaired) electrons. The first kappa shape index (κ1) is 21.0. The smallest absolute Gasteiger partial charge is 0.195 e. The topological polar surface area (TPSA) is 67.4 Å². The minimum atomic E-state index is 0.287. The second-order valence-corrected chi connectivity index (χ2v) is 8.72. The molecule has 0 saturated carbocycles. The Morgan fingerprint density at radius 1 is 1.10 bits per heavy atom. The number of anilines is 1. The van der Waals surface area contributed by atoms with Crippen LogP contribution in [0.15, 0.2) is 35.3 Å². The van der Waals surface area contributed by atoms with E-state index in [1.165, 1.54) is 9.75 Å². The summed E-state index contributed by atoms with van der Waals surface area (Å²) in [7, 11) is 1.79. The molecule has 2 aromatic rings. The molecule has 0 spiro atoms. The highest BCUT2D eigenvalue weighted by Gasteiger charge is 2.24. The summed E-state index contributed by atoms with van der Waals surface area (Å²) >= 11 is 1.86. The number of nitrogens with one attached hydrogen (secondary N) is 2. The molecule has 7 nitrogen and oxygen atoms in total. The van der Waals surface area contributed by atoms with Crippen molar-refractivity contribution in [2.45, 2.75) is 19.4 Å². The zero-order valence-electron chi connectivity index (χ0n) is 17.6. The zero-order chi connectivity index (χ0) is 20.8. The van der Waals surface area contributed by atoms with Gasteiger partial charge in [-0.25, -0.2) is 0 Å². The van der Waals surface area contributed by atoms with Gasteiger partial charge in [0.05, 0.1) is 32.5 Å². The number of ether oxygens (including phenoxy) is 3. The van der Waals surface area contributed by atoms with E-state index in [4.69, 9.17) is 14.2 Å². The first-order valence-corrected chi connectivity index (χ1v) is 11.3. The van der Waals surface area contributed by atoms with Gasteiger partial charge in [-0.3, -0.25) is 9.89 Å². The minimum Gasteiger partial charge on any atom is -0.490 e. The molecule has 1 saturated heterocycles. The molecular formula is C22H30N4O3S. The number of fused-ring (bicyclic) bond motifs is 1. The van der Waals surface area contributed by atoms with E-state index in [0.29, 0.717) is 13.2 Å². The van der Waals surface area contributed by atoms with E-state index in [0.717, 1.165) is 62.4 Å². The van der Waals surface area contributed by atoms with E-state index in [1.54, 1.807) is 7.05 Å². The van der Waals surface area contributed by atoms with Crippen molar-refractivity contribution in [3.05, 3.63) is 40.1 Å². The van der Waals surface area contributed by atoms with Gasteiger partial charge in [-0.15, -0.1) is 11.3 Å². The molecule has 2 N–H and O–H groups in total. The van der Waals surface area contributed by atoms with Crippen LogP contribution < -0.4 is 20.1 Å². The highest BCUT2D eigenvalue weighted by atomic mass is 32.1. The Hall–Kier alpha value is -2.29. The normalized spacial score (nSPS) is 18.5. The molecule has 3 heterocycles. The van der Waals surface area contributed by atoms with Gasteiger partial charge in [0.15, 0.2) is 17.5 Å². The lowest BCUT2D eigenvalue weighted by Gasteiger charge is -2.34. The minimum absolute atomic E-state index is 0.287. The third-order valence-electron chi connectivity index (χ3n) is 5.27. The molecule has 2 aliphatic rings. The fraction of sp³-hybridized carbons (Fsp3) is 0.500. The van der Waals surface area contributed by atoms with Crippen LogP contribution in [0.25, 0.3) is 0 Å². The Bertz CT molecular complexity index is 864. The van der Waals surface area contributed by atoms with Crippen LogP contribution in [0.2, 0.25) is 0 Å². The van der Waals surface area contributed by atoms with Gasteiger partial charge in [-0.2, -0.15) is 0 Å². The molecule has 4 rings (SSSR count). The molecule has 1 unspecified atom stereocenters. The predicted molar refractivity (Wildman–Crippen MR) is 121 cm³/mol. The fourth-order valence-corrected chi connectivity index (χ4v) is 4.69. The highest BCUT2D eigenvalue weighted by Crippen LogP contribution is 2.32. The number of hydrogen-bond donors (Lipinski definition) is 2. The number of hydrogen-bond acceptors (Lipinski definition) is 6. The van der Waals surface area contributed by atoms with Crippen LogP contribution in [0.3, 0.4) is 0 Å². The van der Waals surface area contributed by atoms with E-state index >= 15 is 0 Å². The maximum absolute atomic E-state index is 5.80. The fourth-order valence-electron chi connectivity index (χ4n) is 3.68. The van der Waals surface area contributed by atoms with Gasteiger partial charge in [0.25, 0.3) is 0 Å². The summed E-state index contributed by atoms with van der Waals surface area (Å²) in [5, 5.41) is 6.88. The molecule has 2 aliphatic heterocycles. The Morgan fingerprint density at radius 3 is 2.63 bits per heavy atom. The summed E-state index contributed by atoms with van der Waals surface area (Å²) in [6.45, 7) is 7.73. The van der Waals surface area contributed by atoms with Gasteiger partial charge in [0.1, 0.15) is 0 Å². The van der Waals surface area contributed by atoms with Crippen molar-refractivity contribution < 1.29 is 14.2 Å². The van der Waals surface area contributed by atoms with Crippen LogP contribution in [0.4, 0.5) is 5.69 Å². The van der Waals surface area contributed by atoms with E-state index in [2.05, 4.69) is 39.6 Å². The number of aryl methyl sites for hydroxylation is 1. The van der Waals surface area contributed by atoms with Gasteiger partial charge in [0, 0.05) is 54.6 Å². The number of nitrogens with zero attached hydrogens (tertiary/aromatic N) is 2. The van der Waals surface area contributed by atoms with Crippen LogP contribution >= 0.6 is 11.3 Å². The van der Waals surface area contributed by atoms with Crippen molar-refractivity contribution in [1.29, 1.82) is 0 Å². The lowest BCUT2D eigenvalue weighted by molar-refractivity contribution is 0.0177. The molecule has 1 fully saturated rings. The summed E-state index contributed by atoms with van der Waals surface area (Å²) in [4.78, 5) is 9.60. The number of rotatable bonds is 5. The number of guanidine groups is 1. The standard InChI is InChI=1S/C22H30N4O3S/c1-16-4-7-21(30-16)18(26-8-12-27-13-9-26)15-24-22(23-2)25-17-5-6-19-20(14-17)29-11-3-10-28-19/h4-7,14,18H,3,8-13,15H2,1-2H3,(H2,23,24,25). The average molecular weight is 431 g/mol. The van der Waals surface area contributed by atoms with Crippen molar-refractivity contribution in [2.24, 2.45) is 4.99 Å². The molecule has 1 aromatic heterocycles. The third-order valence-corrected chi connectivity index (χ3v) is 6.37.